The number of hydrazine groups is 1. The minimum atomic E-state index is -0.187. The summed E-state index contributed by atoms with van der Waals surface area (Å²) >= 11 is 14.2. The second-order valence-electron chi connectivity index (χ2n) is 7.58. The maximum Gasteiger partial charge on any atom is 0.286 e. The summed E-state index contributed by atoms with van der Waals surface area (Å²) in [6.45, 7) is 5.73. The molecule has 1 aliphatic heterocycles. The third-order valence-electron chi connectivity index (χ3n) is 5.31. The van der Waals surface area contributed by atoms with Gasteiger partial charge in [-0.1, -0.05) is 36.0 Å². The van der Waals surface area contributed by atoms with Gasteiger partial charge in [-0.05, 0) is 57.0 Å². The van der Waals surface area contributed by atoms with E-state index in [0.29, 0.717) is 21.4 Å². The van der Waals surface area contributed by atoms with Crippen molar-refractivity contribution in [2.75, 3.05) is 13.1 Å². The second kappa shape index (κ2) is 9.10. The van der Waals surface area contributed by atoms with E-state index in [1.165, 1.54) is 17.7 Å². The van der Waals surface area contributed by atoms with Gasteiger partial charge in [-0.2, -0.15) is 5.10 Å². The maximum atomic E-state index is 13.1. The van der Waals surface area contributed by atoms with Gasteiger partial charge in [0.1, 0.15) is 0 Å². The van der Waals surface area contributed by atoms with Gasteiger partial charge in [-0.15, -0.1) is 11.3 Å². The molecule has 0 spiro atoms. The van der Waals surface area contributed by atoms with E-state index in [1.54, 1.807) is 28.2 Å². The summed E-state index contributed by atoms with van der Waals surface area (Å²) < 4.78 is 1.76. The zero-order chi connectivity index (χ0) is 21.3. The highest BCUT2D eigenvalue weighted by Crippen LogP contribution is 2.36. The molecule has 2 aromatic heterocycles. The number of halogens is 2. The Bertz CT molecular complexity index is 1070. The molecule has 158 valence electrons. The van der Waals surface area contributed by atoms with Crippen molar-refractivity contribution in [2.45, 2.75) is 39.5 Å². The molecule has 1 N–H and O–H groups in total. The molecule has 3 aromatic rings. The number of nitrogens with one attached hydrogen (secondary N) is 1. The molecule has 1 amide bonds. The SMILES string of the molecule is Cc1ccc(-c2c(C)c(C(=O)NN3CCCCCC3)nn2-c2ccc(Cl)cc2Cl)s1. The highest BCUT2D eigenvalue weighted by Gasteiger charge is 2.25. The Kier molecular flexibility index (Phi) is 6.48. The van der Waals surface area contributed by atoms with Crippen LogP contribution in [0.3, 0.4) is 0 Å². The number of hydrogen-bond donors (Lipinski definition) is 1. The Hall–Kier alpha value is -1.86. The van der Waals surface area contributed by atoms with Gasteiger partial charge in [0.05, 0.1) is 21.3 Å². The molecule has 1 aromatic carbocycles. The van der Waals surface area contributed by atoms with Crippen LogP contribution in [-0.4, -0.2) is 33.8 Å². The number of hydrogen-bond acceptors (Lipinski definition) is 4. The fourth-order valence-electron chi connectivity index (χ4n) is 3.77. The largest absolute Gasteiger partial charge is 0.286 e. The lowest BCUT2D eigenvalue weighted by molar-refractivity contribution is 0.0788. The van der Waals surface area contributed by atoms with Gasteiger partial charge >= 0.3 is 0 Å². The van der Waals surface area contributed by atoms with Gasteiger partial charge in [-0.3, -0.25) is 10.2 Å². The fourth-order valence-corrected chi connectivity index (χ4v) is 5.21. The summed E-state index contributed by atoms with van der Waals surface area (Å²) in [6, 6.07) is 9.42. The van der Waals surface area contributed by atoms with Gasteiger partial charge in [0.15, 0.2) is 5.69 Å². The predicted octanol–water partition coefficient (Wildman–Crippen LogP) is 6.05. The van der Waals surface area contributed by atoms with Crippen molar-refractivity contribution in [1.29, 1.82) is 0 Å². The van der Waals surface area contributed by atoms with Crippen LogP contribution in [0.2, 0.25) is 10.0 Å². The minimum absolute atomic E-state index is 0.187. The van der Waals surface area contributed by atoms with Crippen molar-refractivity contribution in [2.24, 2.45) is 0 Å². The molecule has 0 radical (unpaired) electrons. The lowest BCUT2D eigenvalue weighted by atomic mass is 10.1. The summed E-state index contributed by atoms with van der Waals surface area (Å²) in [4.78, 5) is 15.4. The van der Waals surface area contributed by atoms with Crippen molar-refractivity contribution in [3.63, 3.8) is 0 Å². The van der Waals surface area contributed by atoms with Crippen LogP contribution in [-0.2, 0) is 0 Å². The van der Waals surface area contributed by atoms with Gasteiger partial charge in [-0.25, -0.2) is 9.69 Å². The van der Waals surface area contributed by atoms with Crippen molar-refractivity contribution < 1.29 is 4.79 Å². The highest BCUT2D eigenvalue weighted by atomic mass is 35.5. The molecule has 0 aliphatic carbocycles. The van der Waals surface area contributed by atoms with E-state index in [0.717, 1.165) is 42.1 Å². The van der Waals surface area contributed by atoms with Crippen molar-refractivity contribution in [3.8, 4) is 16.3 Å². The van der Waals surface area contributed by atoms with Crippen molar-refractivity contribution in [1.82, 2.24) is 20.2 Å². The predicted molar refractivity (Wildman–Crippen MR) is 124 cm³/mol. The molecule has 0 atom stereocenters. The van der Waals surface area contributed by atoms with Crippen molar-refractivity contribution >= 4 is 40.4 Å². The van der Waals surface area contributed by atoms with Gasteiger partial charge in [0, 0.05) is 28.6 Å². The van der Waals surface area contributed by atoms with Crippen LogP contribution in [0.15, 0.2) is 30.3 Å². The summed E-state index contributed by atoms with van der Waals surface area (Å²) in [5.41, 5.74) is 5.86. The first-order chi connectivity index (χ1) is 14.4. The van der Waals surface area contributed by atoms with Crippen LogP contribution in [0.1, 0.15) is 46.6 Å². The Balaban J connectivity index is 1.76. The van der Waals surface area contributed by atoms with E-state index in [4.69, 9.17) is 28.3 Å². The Labute approximate surface area is 190 Å². The standard InChI is InChI=1S/C22H24Cl2N4OS/c1-14-7-10-19(30-14)21-15(2)20(22(29)26-27-11-5-3-4-6-12-27)25-28(21)18-9-8-16(23)13-17(18)24/h7-10,13H,3-6,11-12H2,1-2H3,(H,26,29). The first-order valence-corrected chi connectivity index (χ1v) is 11.7. The molecule has 0 saturated carbocycles. The summed E-state index contributed by atoms with van der Waals surface area (Å²) in [5, 5.41) is 7.76. The quantitative estimate of drug-likeness (QED) is 0.513. The van der Waals surface area contributed by atoms with Crippen LogP contribution in [0.5, 0.6) is 0 Å². The van der Waals surface area contributed by atoms with Gasteiger partial charge in [0.25, 0.3) is 5.91 Å². The third kappa shape index (κ3) is 4.42. The fraction of sp³-hybridized carbons (Fsp3) is 0.364. The molecule has 0 unspecified atom stereocenters. The van der Waals surface area contributed by atoms with E-state index in [9.17, 15) is 4.79 Å². The Morgan fingerprint density at radius 1 is 1.07 bits per heavy atom. The van der Waals surface area contributed by atoms with Crippen molar-refractivity contribution in [3.05, 3.63) is 56.5 Å². The average Bonchev–Trinajstić information content (AvgIpc) is 3.16. The van der Waals surface area contributed by atoms with Gasteiger partial charge in [0.2, 0.25) is 0 Å². The molecule has 1 aliphatic rings. The van der Waals surface area contributed by atoms with Gasteiger partial charge < -0.3 is 0 Å². The van der Waals surface area contributed by atoms with E-state index >= 15 is 0 Å². The zero-order valence-electron chi connectivity index (χ0n) is 17.0. The number of nitrogens with zero attached hydrogens (tertiary/aromatic N) is 3. The zero-order valence-corrected chi connectivity index (χ0v) is 19.4. The number of aryl methyl sites for hydroxylation is 1. The van der Waals surface area contributed by atoms with Crippen LogP contribution < -0.4 is 5.43 Å². The van der Waals surface area contributed by atoms with E-state index < -0.39 is 0 Å². The number of benzene rings is 1. The number of aromatic nitrogens is 2. The molecule has 0 bridgehead atoms. The molecule has 3 heterocycles. The topological polar surface area (TPSA) is 50.2 Å². The molecule has 1 fully saturated rings. The number of rotatable bonds is 4. The first-order valence-electron chi connectivity index (χ1n) is 10.1. The molecular formula is C22H24Cl2N4OS. The smallest absolute Gasteiger partial charge is 0.283 e. The van der Waals surface area contributed by atoms with Crippen LogP contribution >= 0.6 is 34.5 Å². The Morgan fingerprint density at radius 3 is 2.43 bits per heavy atom. The molecule has 1 saturated heterocycles. The molecular weight excluding hydrogens is 439 g/mol. The van der Waals surface area contributed by atoms with E-state index in [1.807, 2.05) is 18.0 Å². The average molecular weight is 463 g/mol. The summed E-state index contributed by atoms with van der Waals surface area (Å²) in [5.74, 6) is -0.187. The highest BCUT2D eigenvalue weighted by molar-refractivity contribution is 7.15. The molecule has 8 heteroatoms. The normalized spacial score (nSPS) is 15.2. The lowest BCUT2D eigenvalue weighted by Crippen LogP contribution is -2.43. The number of carbonyl (C=O) groups excluding carboxylic acids is 1. The lowest BCUT2D eigenvalue weighted by Gasteiger charge is -2.20. The number of carbonyl (C=O) groups is 1. The molecule has 5 nitrogen and oxygen atoms in total. The van der Waals surface area contributed by atoms with E-state index in [2.05, 4.69) is 24.5 Å². The first kappa shape index (κ1) is 21.4. The summed E-state index contributed by atoms with van der Waals surface area (Å²) in [7, 11) is 0. The van der Waals surface area contributed by atoms with Crippen LogP contribution in [0.25, 0.3) is 16.3 Å². The third-order valence-corrected chi connectivity index (χ3v) is 6.86. The maximum absolute atomic E-state index is 13.1. The number of amides is 1. The molecule has 4 rings (SSSR count). The van der Waals surface area contributed by atoms with Crippen LogP contribution in [0.4, 0.5) is 0 Å². The Morgan fingerprint density at radius 2 is 1.80 bits per heavy atom. The van der Waals surface area contributed by atoms with E-state index in [-0.39, 0.29) is 5.91 Å². The number of thiophene rings is 1. The summed E-state index contributed by atoms with van der Waals surface area (Å²) in [6.07, 6.45) is 4.59. The molecule has 30 heavy (non-hydrogen) atoms. The monoisotopic (exact) mass is 462 g/mol. The van der Waals surface area contributed by atoms with Crippen LogP contribution in [0, 0.1) is 13.8 Å². The second-order valence-corrected chi connectivity index (χ2v) is 9.71. The minimum Gasteiger partial charge on any atom is -0.283 e.